The fourth-order valence-corrected chi connectivity index (χ4v) is 2.79. The Morgan fingerprint density at radius 1 is 1.22 bits per heavy atom. The van der Waals surface area contributed by atoms with E-state index in [1.165, 1.54) is 12.8 Å². The van der Waals surface area contributed by atoms with Crippen LogP contribution in [0.1, 0.15) is 47.0 Å². The Balaban J connectivity index is 0.00000162. The minimum absolute atomic E-state index is 0. The Hall–Kier alpha value is -0.280. The van der Waals surface area contributed by atoms with Crippen LogP contribution in [0, 0.1) is 11.3 Å². The van der Waals surface area contributed by atoms with Gasteiger partial charge in [-0.1, -0.05) is 27.7 Å². The molecular formula is C14H27ClN2O. The van der Waals surface area contributed by atoms with Crippen molar-refractivity contribution in [1.82, 2.24) is 10.2 Å². The predicted molar refractivity (Wildman–Crippen MR) is 77.0 cm³/mol. The van der Waals surface area contributed by atoms with E-state index in [1.807, 2.05) is 0 Å². The third-order valence-electron chi connectivity index (χ3n) is 4.50. The summed E-state index contributed by atoms with van der Waals surface area (Å²) in [6.45, 7) is 10.4. The number of nitrogens with zero attached hydrogens (tertiary/aromatic N) is 1. The average molecular weight is 275 g/mol. The second kappa shape index (κ2) is 5.79. The number of hydrogen-bond acceptors (Lipinski definition) is 2. The van der Waals surface area contributed by atoms with Crippen molar-refractivity contribution in [3.63, 3.8) is 0 Å². The number of fused-ring (bicyclic) bond motifs is 2. The molecule has 1 N–H and O–H groups in total. The van der Waals surface area contributed by atoms with Crippen LogP contribution in [-0.4, -0.2) is 36.0 Å². The van der Waals surface area contributed by atoms with Gasteiger partial charge in [0.25, 0.3) is 0 Å². The third-order valence-corrected chi connectivity index (χ3v) is 4.50. The van der Waals surface area contributed by atoms with Crippen LogP contribution in [0.2, 0.25) is 0 Å². The Morgan fingerprint density at radius 2 is 1.83 bits per heavy atom. The highest BCUT2D eigenvalue weighted by Crippen LogP contribution is 2.29. The van der Waals surface area contributed by atoms with Crippen molar-refractivity contribution >= 4 is 18.3 Å². The Morgan fingerprint density at radius 3 is 2.44 bits per heavy atom. The van der Waals surface area contributed by atoms with Crippen molar-refractivity contribution in [1.29, 1.82) is 0 Å². The van der Waals surface area contributed by atoms with E-state index in [1.54, 1.807) is 0 Å². The summed E-state index contributed by atoms with van der Waals surface area (Å²) < 4.78 is 0. The van der Waals surface area contributed by atoms with Gasteiger partial charge in [0.2, 0.25) is 5.91 Å². The monoisotopic (exact) mass is 274 g/mol. The minimum atomic E-state index is 0. The van der Waals surface area contributed by atoms with E-state index in [4.69, 9.17) is 0 Å². The summed E-state index contributed by atoms with van der Waals surface area (Å²) in [7, 11) is 0. The molecule has 4 heteroatoms. The number of hydrogen-bond donors (Lipinski definition) is 1. The van der Waals surface area contributed by atoms with Crippen molar-refractivity contribution in [2.24, 2.45) is 11.3 Å². The Labute approximate surface area is 117 Å². The van der Waals surface area contributed by atoms with Gasteiger partial charge in [0, 0.05) is 31.1 Å². The zero-order chi connectivity index (χ0) is 12.6. The summed E-state index contributed by atoms with van der Waals surface area (Å²) >= 11 is 0. The first kappa shape index (κ1) is 15.8. The second-order valence-corrected chi connectivity index (χ2v) is 6.80. The summed E-state index contributed by atoms with van der Waals surface area (Å²) in [6, 6.07) is 1.20. The fourth-order valence-electron chi connectivity index (χ4n) is 2.79. The van der Waals surface area contributed by atoms with Crippen LogP contribution in [0.25, 0.3) is 0 Å². The molecule has 0 aromatic rings. The zero-order valence-corrected chi connectivity index (χ0v) is 12.8. The molecule has 0 aromatic carbocycles. The van der Waals surface area contributed by atoms with E-state index >= 15 is 0 Å². The van der Waals surface area contributed by atoms with E-state index in [2.05, 4.69) is 37.9 Å². The Bertz CT molecular complexity index is 301. The number of likely N-dealkylation sites (tertiary alicyclic amines) is 1. The number of carbonyl (C=O) groups is 1. The van der Waals surface area contributed by atoms with Gasteiger partial charge in [-0.05, 0) is 24.7 Å². The molecule has 2 aliphatic heterocycles. The molecule has 0 spiro atoms. The van der Waals surface area contributed by atoms with Crippen LogP contribution < -0.4 is 5.32 Å². The summed E-state index contributed by atoms with van der Waals surface area (Å²) in [5, 5.41) is 3.62. The molecule has 2 aliphatic rings. The van der Waals surface area contributed by atoms with E-state index < -0.39 is 0 Å². The highest BCUT2D eigenvalue weighted by molar-refractivity contribution is 5.85. The van der Waals surface area contributed by atoms with Gasteiger partial charge in [0.15, 0.2) is 0 Å². The zero-order valence-electron chi connectivity index (χ0n) is 12.0. The molecule has 18 heavy (non-hydrogen) atoms. The van der Waals surface area contributed by atoms with Gasteiger partial charge < -0.3 is 10.2 Å². The standard InChI is InChI=1S/C14H26N2O.ClH/c1-10(14(2,3)4)13(17)16-8-7-11-5-6-12(9-16)15-11;/h10-12,15H,5-9H2,1-4H3;1H. The average Bonchev–Trinajstić information content (AvgIpc) is 2.55. The van der Waals surface area contributed by atoms with Crippen molar-refractivity contribution in [3.05, 3.63) is 0 Å². The molecule has 2 bridgehead atoms. The molecule has 0 aliphatic carbocycles. The number of carbonyl (C=O) groups excluding carboxylic acids is 1. The second-order valence-electron chi connectivity index (χ2n) is 6.80. The molecule has 3 unspecified atom stereocenters. The number of amides is 1. The van der Waals surface area contributed by atoms with Crippen LogP contribution in [0.5, 0.6) is 0 Å². The molecule has 2 fully saturated rings. The van der Waals surface area contributed by atoms with E-state index in [-0.39, 0.29) is 23.7 Å². The molecule has 0 radical (unpaired) electrons. The van der Waals surface area contributed by atoms with Crippen LogP contribution in [0.4, 0.5) is 0 Å². The van der Waals surface area contributed by atoms with Gasteiger partial charge in [0.05, 0.1) is 0 Å². The maximum atomic E-state index is 12.5. The van der Waals surface area contributed by atoms with Crippen molar-refractivity contribution in [3.8, 4) is 0 Å². The first-order chi connectivity index (χ1) is 7.88. The van der Waals surface area contributed by atoms with Crippen LogP contribution in [-0.2, 0) is 4.79 Å². The first-order valence-electron chi connectivity index (χ1n) is 6.93. The summed E-state index contributed by atoms with van der Waals surface area (Å²) in [5.41, 5.74) is 0.0653. The summed E-state index contributed by atoms with van der Waals surface area (Å²) in [5.74, 6) is 0.450. The fraction of sp³-hybridized carbons (Fsp3) is 0.929. The van der Waals surface area contributed by atoms with Gasteiger partial charge >= 0.3 is 0 Å². The molecule has 1 amide bonds. The normalized spacial score (nSPS) is 29.4. The van der Waals surface area contributed by atoms with E-state index in [9.17, 15) is 4.79 Å². The van der Waals surface area contributed by atoms with Gasteiger partial charge in [-0.2, -0.15) is 0 Å². The molecule has 2 heterocycles. The topological polar surface area (TPSA) is 32.3 Å². The minimum Gasteiger partial charge on any atom is -0.341 e. The highest BCUT2D eigenvalue weighted by Gasteiger charge is 2.35. The lowest BCUT2D eigenvalue weighted by Gasteiger charge is -2.33. The third kappa shape index (κ3) is 3.39. The predicted octanol–water partition coefficient (Wildman–Crippen LogP) is 2.44. The molecule has 106 valence electrons. The first-order valence-corrected chi connectivity index (χ1v) is 6.93. The van der Waals surface area contributed by atoms with Crippen LogP contribution >= 0.6 is 12.4 Å². The number of rotatable bonds is 1. The Kier molecular flexibility index (Phi) is 5.07. The van der Waals surface area contributed by atoms with Crippen LogP contribution in [0.3, 0.4) is 0 Å². The molecule has 0 aromatic heterocycles. The molecule has 2 rings (SSSR count). The quantitative estimate of drug-likeness (QED) is 0.797. The largest absolute Gasteiger partial charge is 0.341 e. The highest BCUT2D eigenvalue weighted by atomic mass is 35.5. The molecule has 3 nitrogen and oxygen atoms in total. The van der Waals surface area contributed by atoms with Gasteiger partial charge in [-0.25, -0.2) is 0 Å². The van der Waals surface area contributed by atoms with Crippen molar-refractivity contribution in [2.75, 3.05) is 13.1 Å². The van der Waals surface area contributed by atoms with Crippen molar-refractivity contribution in [2.45, 2.75) is 59.0 Å². The lowest BCUT2D eigenvalue weighted by atomic mass is 9.81. The molecule has 0 saturated carbocycles. The van der Waals surface area contributed by atoms with E-state index in [0.29, 0.717) is 18.0 Å². The molecule has 2 saturated heterocycles. The van der Waals surface area contributed by atoms with Gasteiger partial charge in [0.1, 0.15) is 0 Å². The van der Waals surface area contributed by atoms with E-state index in [0.717, 1.165) is 19.5 Å². The number of nitrogens with one attached hydrogen (secondary N) is 1. The molecular weight excluding hydrogens is 248 g/mol. The maximum Gasteiger partial charge on any atom is 0.225 e. The summed E-state index contributed by atoms with van der Waals surface area (Å²) in [4.78, 5) is 14.6. The van der Waals surface area contributed by atoms with Crippen molar-refractivity contribution < 1.29 is 4.79 Å². The van der Waals surface area contributed by atoms with Gasteiger partial charge in [-0.15, -0.1) is 12.4 Å². The van der Waals surface area contributed by atoms with Gasteiger partial charge in [-0.3, -0.25) is 4.79 Å². The summed E-state index contributed by atoms with van der Waals surface area (Å²) in [6.07, 6.45) is 3.65. The SMILES string of the molecule is CC(C(=O)N1CCC2CCC(C1)N2)C(C)(C)C.Cl. The number of halogens is 1. The lowest BCUT2D eigenvalue weighted by Crippen LogP contribution is -2.44. The maximum absolute atomic E-state index is 12.5. The molecule has 3 atom stereocenters. The lowest BCUT2D eigenvalue weighted by molar-refractivity contribution is -0.138. The smallest absolute Gasteiger partial charge is 0.225 e. The van der Waals surface area contributed by atoms with Crippen LogP contribution in [0.15, 0.2) is 0 Å².